The summed E-state index contributed by atoms with van der Waals surface area (Å²) in [6, 6.07) is 0.143. The van der Waals surface area contributed by atoms with Crippen LogP contribution in [0.4, 0.5) is 5.82 Å². The van der Waals surface area contributed by atoms with Gasteiger partial charge >= 0.3 is 0 Å². The van der Waals surface area contributed by atoms with E-state index in [0.717, 1.165) is 35.5 Å². The summed E-state index contributed by atoms with van der Waals surface area (Å²) in [6.07, 6.45) is 10.1. The van der Waals surface area contributed by atoms with E-state index in [1.54, 1.807) is 6.20 Å². The molecule has 2 aromatic rings. The zero-order chi connectivity index (χ0) is 13.2. The van der Waals surface area contributed by atoms with Crippen molar-refractivity contribution in [3.05, 3.63) is 23.2 Å². The fourth-order valence-corrected chi connectivity index (χ4v) is 3.11. The number of fused-ring (bicyclic) bond motifs is 1. The van der Waals surface area contributed by atoms with Crippen molar-refractivity contribution in [2.45, 2.75) is 31.7 Å². The summed E-state index contributed by atoms with van der Waals surface area (Å²) in [4.78, 5) is 11.2. The standard InChI is InChI=1S/C13H17BrN4O/c14-11-8-17-7-5-15-12(17)13(16-11)18-6-3-1-2-4-10(18)9-19/h5,7-8,10,19H,1-4,6,9H2. The molecule has 0 spiro atoms. The first-order valence-corrected chi connectivity index (χ1v) is 7.45. The van der Waals surface area contributed by atoms with Crippen LogP contribution in [0.2, 0.25) is 0 Å². The average molecular weight is 325 g/mol. The van der Waals surface area contributed by atoms with Crippen molar-refractivity contribution in [2.24, 2.45) is 0 Å². The van der Waals surface area contributed by atoms with Crippen LogP contribution >= 0.6 is 15.9 Å². The highest BCUT2D eigenvalue weighted by atomic mass is 79.9. The fourth-order valence-electron chi connectivity index (χ4n) is 2.72. The molecule has 102 valence electrons. The number of hydrogen-bond acceptors (Lipinski definition) is 4. The monoisotopic (exact) mass is 324 g/mol. The third kappa shape index (κ3) is 2.47. The number of nitrogens with zero attached hydrogens (tertiary/aromatic N) is 4. The van der Waals surface area contributed by atoms with Gasteiger partial charge in [-0.05, 0) is 28.8 Å². The minimum atomic E-state index is 0.143. The normalized spacial score (nSPS) is 20.7. The number of hydrogen-bond donors (Lipinski definition) is 1. The van der Waals surface area contributed by atoms with Gasteiger partial charge in [-0.2, -0.15) is 0 Å². The van der Waals surface area contributed by atoms with Gasteiger partial charge in [0.2, 0.25) is 0 Å². The summed E-state index contributed by atoms with van der Waals surface area (Å²) in [5.41, 5.74) is 0.851. The molecule has 1 atom stereocenters. The molecule has 0 aliphatic carbocycles. The number of halogens is 1. The molecule has 0 radical (unpaired) electrons. The second kappa shape index (κ2) is 5.46. The van der Waals surface area contributed by atoms with Gasteiger partial charge in [0, 0.05) is 25.1 Å². The number of imidazole rings is 1. The SMILES string of the molecule is OCC1CCCCCN1c1nc(Br)cn2ccnc12. The molecule has 1 aliphatic rings. The molecule has 0 bridgehead atoms. The van der Waals surface area contributed by atoms with E-state index in [4.69, 9.17) is 0 Å². The molecule has 5 nitrogen and oxygen atoms in total. The Bertz CT molecular complexity index is 571. The molecule has 3 heterocycles. The highest BCUT2D eigenvalue weighted by Crippen LogP contribution is 2.27. The van der Waals surface area contributed by atoms with Crippen LogP contribution in [0.25, 0.3) is 5.65 Å². The van der Waals surface area contributed by atoms with E-state index in [9.17, 15) is 5.11 Å². The quantitative estimate of drug-likeness (QED) is 0.920. The summed E-state index contributed by atoms with van der Waals surface area (Å²) in [5, 5.41) is 9.63. The number of anilines is 1. The molecule has 2 aromatic heterocycles. The fraction of sp³-hybridized carbons (Fsp3) is 0.538. The number of aliphatic hydroxyl groups is 1. The molecular weight excluding hydrogens is 308 g/mol. The number of rotatable bonds is 2. The van der Waals surface area contributed by atoms with E-state index in [1.165, 1.54) is 12.8 Å². The Morgan fingerprint density at radius 2 is 2.26 bits per heavy atom. The van der Waals surface area contributed by atoms with Crippen LogP contribution < -0.4 is 4.90 Å². The maximum absolute atomic E-state index is 9.63. The van der Waals surface area contributed by atoms with Gasteiger partial charge in [0.25, 0.3) is 0 Å². The lowest BCUT2D eigenvalue weighted by atomic mass is 10.1. The first-order valence-electron chi connectivity index (χ1n) is 6.66. The predicted molar refractivity (Wildman–Crippen MR) is 77.4 cm³/mol. The van der Waals surface area contributed by atoms with Crippen molar-refractivity contribution in [3.63, 3.8) is 0 Å². The van der Waals surface area contributed by atoms with Gasteiger partial charge in [-0.25, -0.2) is 9.97 Å². The minimum Gasteiger partial charge on any atom is -0.394 e. The Balaban J connectivity index is 2.07. The van der Waals surface area contributed by atoms with Gasteiger partial charge in [-0.15, -0.1) is 0 Å². The van der Waals surface area contributed by atoms with Crippen molar-refractivity contribution in [2.75, 3.05) is 18.1 Å². The lowest BCUT2D eigenvalue weighted by Gasteiger charge is -2.29. The third-order valence-electron chi connectivity index (χ3n) is 3.69. The summed E-state index contributed by atoms with van der Waals surface area (Å²) in [6.45, 7) is 1.10. The van der Waals surface area contributed by atoms with Gasteiger partial charge in [0.1, 0.15) is 4.60 Å². The summed E-state index contributed by atoms with van der Waals surface area (Å²) < 4.78 is 2.75. The lowest BCUT2D eigenvalue weighted by molar-refractivity contribution is 0.254. The second-order valence-corrected chi connectivity index (χ2v) is 5.74. The molecule has 0 saturated carbocycles. The van der Waals surface area contributed by atoms with E-state index < -0.39 is 0 Å². The molecule has 1 N–H and O–H groups in total. The molecule has 6 heteroatoms. The van der Waals surface area contributed by atoms with Crippen LogP contribution in [-0.4, -0.2) is 38.7 Å². The van der Waals surface area contributed by atoms with Crippen molar-refractivity contribution in [1.82, 2.24) is 14.4 Å². The van der Waals surface area contributed by atoms with Crippen molar-refractivity contribution < 1.29 is 5.11 Å². The van der Waals surface area contributed by atoms with Gasteiger partial charge in [-0.1, -0.05) is 12.8 Å². The van der Waals surface area contributed by atoms with E-state index in [0.29, 0.717) is 0 Å². The Morgan fingerprint density at radius 1 is 1.37 bits per heavy atom. The average Bonchev–Trinajstić information content (AvgIpc) is 2.74. The number of aromatic nitrogens is 3. The molecule has 1 aliphatic heterocycles. The third-order valence-corrected chi connectivity index (χ3v) is 4.07. The van der Waals surface area contributed by atoms with Crippen LogP contribution in [-0.2, 0) is 0 Å². The highest BCUT2D eigenvalue weighted by Gasteiger charge is 2.24. The van der Waals surface area contributed by atoms with Gasteiger partial charge < -0.3 is 14.4 Å². The van der Waals surface area contributed by atoms with Crippen LogP contribution in [0.15, 0.2) is 23.2 Å². The van der Waals surface area contributed by atoms with Crippen molar-refractivity contribution >= 4 is 27.4 Å². The lowest BCUT2D eigenvalue weighted by Crippen LogP contribution is -2.38. The highest BCUT2D eigenvalue weighted by molar-refractivity contribution is 9.10. The molecule has 0 aromatic carbocycles. The van der Waals surface area contributed by atoms with Gasteiger partial charge in [-0.3, -0.25) is 0 Å². The number of aliphatic hydroxyl groups excluding tert-OH is 1. The maximum atomic E-state index is 9.63. The second-order valence-electron chi connectivity index (χ2n) is 4.92. The summed E-state index contributed by atoms with van der Waals surface area (Å²) >= 11 is 3.45. The molecular formula is C13H17BrN4O. The van der Waals surface area contributed by atoms with Crippen molar-refractivity contribution in [1.29, 1.82) is 0 Å². The molecule has 19 heavy (non-hydrogen) atoms. The van der Waals surface area contributed by atoms with Crippen molar-refractivity contribution in [3.8, 4) is 0 Å². The molecule has 3 rings (SSSR count). The Morgan fingerprint density at radius 3 is 3.11 bits per heavy atom. The van der Waals surface area contributed by atoms with E-state index in [-0.39, 0.29) is 12.6 Å². The minimum absolute atomic E-state index is 0.143. The van der Waals surface area contributed by atoms with Crippen LogP contribution in [0, 0.1) is 0 Å². The zero-order valence-corrected chi connectivity index (χ0v) is 12.3. The first kappa shape index (κ1) is 12.9. The Kier molecular flexibility index (Phi) is 3.70. The molecule has 1 unspecified atom stereocenters. The topological polar surface area (TPSA) is 53.7 Å². The smallest absolute Gasteiger partial charge is 0.180 e. The summed E-state index contributed by atoms with van der Waals surface area (Å²) in [5.74, 6) is 0.861. The van der Waals surface area contributed by atoms with E-state index in [1.807, 2.05) is 16.8 Å². The maximum Gasteiger partial charge on any atom is 0.180 e. The van der Waals surface area contributed by atoms with Crippen LogP contribution in [0.5, 0.6) is 0 Å². The largest absolute Gasteiger partial charge is 0.394 e. The molecule has 1 saturated heterocycles. The van der Waals surface area contributed by atoms with Gasteiger partial charge in [0.15, 0.2) is 11.5 Å². The Labute approximate surface area is 120 Å². The molecule has 1 fully saturated rings. The van der Waals surface area contributed by atoms with Crippen LogP contribution in [0.1, 0.15) is 25.7 Å². The summed E-state index contributed by atoms with van der Waals surface area (Å²) in [7, 11) is 0. The zero-order valence-electron chi connectivity index (χ0n) is 10.7. The Hall–Kier alpha value is -1.14. The van der Waals surface area contributed by atoms with Crippen LogP contribution in [0.3, 0.4) is 0 Å². The van der Waals surface area contributed by atoms with E-state index in [2.05, 4.69) is 30.8 Å². The van der Waals surface area contributed by atoms with Gasteiger partial charge in [0.05, 0.1) is 12.6 Å². The molecule has 0 amide bonds. The van der Waals surface area contributed by atoms with E-state index >= 15 is 0 Å². The first-order chi connectivity index (χ1) is 9.29. The predicted octanol–water partition coefficient (Wildman–Crippen LogP) is 2.23.